The third-order valence-corrected chi connectivity index (χ3v) is 37.9. The summed E-state index contributed by atoms with van der Waals surface area (Å²) in [7, 11) is 7.68. The average molecular weight is 1260 g/mol. The summed E-state index contributed by atoms with van der Waals surface area (Å²) in [6.07, 6.45) is 6.01. The van der Waals surface area contributed by atoms with Gasteiger partial charge in [-0.05, 0) is 24.6 Å². The molecule has 4 heterocycles. The molecule has 72 heavy (non-hydrogen) atoms. The summed E-state index contributed by atoms with van der Waals surface area (Å²) in [6.45, 7) is 35.5. The molecule has 0 aromatic rings. The van der Waals surface area contributed by atoms with Crippen LogP contribution in [-0.4, -0.2) is 138 Å². The molecule has 1 saturated carbocycles. The monoisotopic (exact) mass is 1260 g/mol. The number of Topliss-reactive ketones (excluding diaryl/α,β-unsaturated/α-hetero) is 1. The van der Waals surface area contributed by atoms with E-state index in [1.807, 2.05) is 0 Å². The molecule has 4 aliphatic heterocycles. The SMILES string of the molecule is CC[C@H]1[C@H]2C[C@H](O[Si](C)(C)C(C)(C)C)[C@@H](C)[C@@H](/C(C)=C/[C@@H]3CC[C@@H](O[Si](C)(C)C(C)(C)C)[C@H](OC)C3)OC(=O)[C@@H]3CCCCN3C(=O)C(=O)[C@]3(O)O[C@H]([C@@H](OC)C[C@@H](C)C[C@](C)(O2)[C@H]1[Hg][Cl])[C@@H](OC)C[C@H]3C. The van der Waals surface area contributed by atoms with Crippen molar-refractivity contribution >= 4 is 42.5 Å². The standard InChI is InChI=1S/C55H98NO12Si2.ClH.Hg/c1-20-39-33-54(12)32-34(2)27-45(62-14)48-46(63-15)29-36(4)55(60,66-48)49(57)50(58)56-26-22-21-23-40(56)51(59)64-47(37(5)42(31-43(39)65-54)68-70(18,19)53(9,10)11)35(3)28-38-24-25-41(44(30-38)61-13)67-69(16,17)52(6,7)8;;/h28,33-34,36-48,60H,20-27,29-32H2,1-19H3;1H;/q;;+1/p-1/b35-28+;;/t34-,36-,37-,38+,39-,40+,41-,42+,43-,44-,45+,46+,47-,48-,54+,55-;;/m1../s1. The third-order valence-electron chi connectivity index (χ3n) is 19.0. The molecule has 0 spiro atoms. The van der Waals surface area contributed by atoms with E-state index in [1.54, 1.807) is 28.3 Å². The second-order valence-corrected chi connectivity index (χ2v) is 43.0. The Kier molecular flexibility index (Phi) is 21.5. The second-order valence-electron chi connectivity index (χ2n) is 26.2. The molecule has 4 bridgehead atoms. The van der Waals surface area contributed by atoms with Gasteiger partial charge in [0.05, 0.1) is 6.10 Å². The number of hydrogen-bond donors (Lipinski definition) is 1. The number of piperidine rings is 1. The Balaban J connectivity index is 1.65. The number of nitrogens with zero attached hydrogens (tertiary/aromatic N) is 1. The molecule has 1 aliphatic carbocycles. The van der Waals surface area contributed by atoms with Gasteiger partial charge in [-0.25, -0.2) is 0 Å². The van der Waals surface area contributed by atoms with Gasteiger partial charge in [-0.2, -0.15) is 0 Å². The molecule has 5 rings (SSSR count). The number of ketones is 1. The minimum atomic E-state index is -2.48. The van der Waals surface area contributed by atoms with E-state index in [0.717, 1.165) is 31.3 Å². The maximum atomic E-state index is 15.2. The number of esters is 1. The van der Waals surface area contributed by atoms with E-state index < -0.39 is 105 Å². The average Bonchev–Trinajstić information content (AvgIpc) is 3.57. The molecule has 17 heteroatoms. The molecule has 4 saturated heterocycles. The van der Waals surface area contributed by atoms with Gasteiger partial charge in [0, 0.05) is 7.11 Å². The van der Waals surface area contributed by atoms with Gasteiger partial charge in [0.25, 0.3) is 0 Å². The van der Waals surface area contributed by atoms with Crippen LogP contribution in [0, 0.1) is 29.6 Å². The van der Waals surface area contributed by atoms with E-state index in [4.69, 9.17) is 45.5 Å². The Labute approximate surface area is 453 Å². The first-order valence-electron chi connectivity index (χ1n) is 27.7. The summed E-state index contributed by atoms with van der Waals surface area (Å²) in [6, 6.07) is -1.05. The van der Waals surface area contributed by atoms with Gasteiger partial charge in [0.15, 0.2) is 8.32 Å². The summed E-state index contributed by atoms with van der Waals surface area (Å²) in [5.74, 6) is -5.84. The van der Waals surface area contributed by atoms with E-state index in [2.05, 4.69) is 108 Å². The predicted molar refractivity (Wildman–Crippen MR) is 284 cm³/mol. The number of hydrogen-bond acceptors (Lipinski definition) is 12. The molecular formula is C55H98ClHgNO12Si2. The van der Waals surface area contributed by atoms with Crippen LogP contribution in [0.25, 0.3) is 0 Å². The summed E-state index contributed by atoms with van der Waals surface area (Å²) in [4.78, 5) is 45.9. The molecule has 0 aromatic heterocycles. The molecule has 0 radical (unpaired) electrons. The van der Waals surface area contributed by atoms with Crippen molar-refractivity contribution in [3.8, 4) is 0 Å². The van der Waals surface area contributed by atoms with Crippen LogP contribution in [0.15, 0.2) is 11.6 Å². The van der Waals surface area contributed by atoms with E-state index in [9.17, 15) is 14.7 Å². The molecule has 1 N–H and O–H groups in total. The molecular weight excluding hydrogens is 1160 g/mol. The van der Waals surface area contributed by atoms with Crippen LogP contribution in [0.4, 0.5) is 0 Å². The van der Waals surface area contributed by atoms with Crippen LogP contribution in [-0.2, 0) is 75.0 Å². The first-order chi connectivity index (χ1) is 33.3. The fourth-order valence-electron chi connectivity index (χ4n) is 12.4. The van der Waals surface area contributed by atoms with Crippen molar-refractivity contribution in [1.29, 1.82) is 0 Å². The quantitative estimate of drug-likeness (QED) is 0.0908. The van der Waals surface area contributed by atoms with Crippen LogP contribution >= 0.6 is 8.25 Å². The third kappa shape index (κ3) is 13.7. The Bertz CT molecular complexity index is 1880. The zero-order chi connectivity index (χ0) is 54.1. The molecule has 1 amide bonds. The Morgan fingerprint density at radius 2 is 1.40 bits per heavy atom. The van der Waals surface area contributed by atoms with Crippen molar-refractivity contribution in [2.75, 3.05) is 27.9 Å². The van der Waals surface area contributed by atoms with Gasteiger partial charge in [0.2, 0.25) is 0 Å². The number of methoxy groups -OCH3 is 3. The van der Waals surface area contributed by atoms with Crippen molar-refractivity contribution in [2.24, 2.45) is 29.6 Å². The fourth-order valence-corrected chi connectivity index (χ4v) is 25.8. The number of fused-ring (bicyclic) bond motifs is 5. The molecule has 5 fully saturated rings. The van der Waals surface area contributed by atoms with Crippen LogP contribution in [0.1, 0.15) is 154 Å². The number of ether oxygens (including phenoxy) is 6. The van der Waals surface area contributed by atoms with E-state index in [-0.39, 0.29) is 74.6 Å². The van der Waals surface area contributed by atoms with Gasteiger partial charge >= 0.3 is 380 Å². The maximum absolute atomic E-state index is 15.2. The number of carbonyl (C=O) groups is 3. The van der Waals surface area contributed by atoms with Gasteiger partial charge in [0.1, 0.15) is 0 Å². The predicted octanol–water partition coefficient (Wildman–Crippen LogP) is 11.2. The topological polar surface area (TPSA) is 149 Å². The zero-order valence-electron chi connectivity index (χ0n) is 48.2. The Morgan fingerprint density at radius 3 is 1.96 bits per heavy atom. The number of aliphatic hydroxyl groups is 1. The first-order valence-corrected chi connectivity index (χ1v) is 43.4. The molecule has 5 aliphatic rings. The van der Waals surface area contributed by atoms with Crippen molar-refractivity contribution < 1.29 is 80.1 Å². The van der Waals surface area contributed by atoms with Gasteiger partial charge < -0.3 is 9.16 Å². The molecule has 13 nitrogen and oxygen atoms in total. The Hall–Kier alpha value is -0.311. The number of allylic oxidation sites excluding steroid dienone is 1. The number of amides is 1. The van der Waals surface area contributed by atoms with Crippen molar-refractivity contribution in [3.63, 3.8) is 0 Å². The summed E-state index contributed by atoms with van der Waals surface area (Å²) < 4.78 is 54.0. The fraction of sp³-hybridized carbons (Fsp3) is 0.909. The first kappa shape index (κ1) is 62.5. The number of rotatable bonds is 11. The summed E-state index contributed by atoms with van der Waals surface area (Å²) in [5.41, 5.74) is 0.398. The van der Waals surface area contributed by atoms with E-state index in [0.29, 0.717) is 38.5 Å². The van der Waals surface area contributed by atoms with E-state index >= 15 is 4.79 Å². The van der Waals surface area contributed by atoms with E-state index in [1.165, 1.54) is 4.90 Å². The van der Waals surface area contributed by atoms with Crippen molar-refractivity contribution in [3.05, 3.63) is 11.6 Å². The second kappa shape index (κ2) is 24.8. The van der Waals surface area contributed by atoms with Crippen molar-refractivity contribution in [2.45, 2.75) is 260 Å². The number of halogens is 1. The molecule has 412 valence electrons. The van der Waals surface area contributed by atoms with Crippen LogP contribution < -0.4 is 0 Å². The van der Waals surface area contributed by atoms with Crippen LogP contribution in [0.3, 0.4) is 0 Å². The van der Waals surface area contributed by atoms with Gasteiger partial charge in [-0.3, -0.25) is 0 Å². The van der Waals surface area contributed by atoms with Crippen LogP contribution in [0.5, 0.6) is 0 Å². The zero-order valence-corrected chi connectivity index (χ0v) is 56.4. The van der Waals surface area contributed by atoms with Crippen molar-refractivity contribution in [1.82, 2.24) is 4.90 Å². The molecule has 0 unspecified atom stereocenters. The molecule has 0 aromatic carbocycles. The Morgan fingerprint density at radius 1 is 0.819 bits per heavy atom. The summed E-state index contributed by atoms with van der Waals surface area (Å²) in [5, 5.41) is 12.3. The summed E-state index contributed by atoms with van der Waals surface area (Å²) >= 11 is -2.03. The number of carbonyl (C=O) groups excluding carboxylic acids is 3. The molecule has 17 atom stereocenters. The van der Waals surface area contributed by atoms with Crippen LogP contribution in [0.2, 0.25) is 39.7 Å². The van der Waals surface area contributed by atoms with Gasteiger partial charge in [-0.15, -0.1) is 0 Å². The normalized spacial score (nSPS) is 39.8. The van der Waals surface area contributed by atoms with Gasteiger partial charge in [-0.1, -0.05) is 20.8 Å². The number of cyclic esters (lactones) is 1. The minimum absolute atomic E-state index is 0.00984.